The molecule has 11 heteroatoms. The van der Waals surface area contributed by atoms with Gasteiger partial charge in [-0.1, -0.05) is 13.0 Å². The summed E-state index contributed by atoms with van der Waals surface area (Å²) in [6, 6.07) is 3.70. The van der Waals surface area contributed by atoms with Gasteiger partial charge in [-0.3, -0.25) is 9.89 Å². The predicted molar refractivity (Wildman–Crippen MR) is 129 cm³/mol. The number of rotatable bonds is 6. The van der Waals surface area contributed by atoms with Crippen LogP contribution in [0.2, 0.25) is 0 Å². The molecule has 0 spiro atoms. The standard InChI is InChI=1S/C20H31F2N5O2S.HI/c1-3-19(17-6-5-16(21)15-18(17)22)25-10-12-26(13-11-25)20(23-2)24-7-9-27-8-4-14-30(27,28)29;/h5-6,15,19H,3-4,7-14H2,1-2H3,(H,23,24);1H. The van der Waals surface area contributed by atoms with Crippen LogP contribution in [0, 0.1) is 11.6 Å². The van der Waals surface area contributed by atoms with E-state index in [1.807, 2.05) is 6.92 Å². The molecule has 0 amide bonds. The average Bonchev–Trinajstić information content (AvgIpc) is 3.06. The number of hydrogen-bond donors (Lipinski definition) is 1. The molecule has 0 aliphatic carbocycles. The summed E-state index contributed by atoms with van der Waals surface area (Å²) < 4.78 is 52.9. The molecule has 2 fully saturated rings. The van der Waals surface area contributed by atoms with Crippen molar-refractivity contribution in [3.05, 3.63) is 35.4 Å². The highest BCUT2D eigenvalue weighted by atomic mass is 127. The van der Waals surface area contributed by atoms with Gasteiger partial charge in [0.1, 0.15) is 11.6 Å². The van der Waals surface area contributed by atoms with E-state index in [1.165, 1.54) is 16.4 Å². The number of aliphatic imine (C=N–C) groups is 1. The fourth-order valence-corrected chi connectivity index (χ4v) is 5.79. The Labute approximate surface area is 200 Å². The number of halogens is 3. The molecule has 0 aromatic heterocycles. The first-order chi connectivity index (χ1) is 14.4. The lowest BCUT2D eigenvalue weighted by atomic mass is 10.0. The summed E-state index contributed by atoms with van der Waals surface area (Å²) in [7, 11) is -1.38. The minimum absolute atomic E-state index is 0. The molecule has 0 bridgehead atoms. The lowest BCUT2D eigenvalue weighted by Gasteiger charge is -2.40. The zero-order chi connectivity index (χ0) is 21.7. The third-order valence-corrected chi connectivity index (χ3v) is 7.78. The van der Waals surface area contributed by atoms with Crippen LogP contribution in [0.1, 0.15) is 31.4 Å². The lowest BCUT2D eigenvalue weighted by Crippen LogP contribution is -2.53. The highest BCUT2D eigenvalue weighted by molar-refractivity contribution is 14.0. The summed E-state index contributed by atoms with van der Waals surface area (Å²) in [5, 5.41) is 3.26. The maximum atomic E-state index is 14.3. The zero-order valence-corrected chi connectivity index (χ0v) is 21.2. The summed E-state index contributed by atoms with van der Waals surface area (Å²) in [5.74, 6) is -0.0879. The second-order valence-corrected chi connectivity index (χ2v) is 9.74. The van der Waals surface area contributed by atoms with Gasteiger partial charge in [0, 0.05) is 70.5 Å². The first-order valence-corrected chi connectivity index (χ1v) is 12.1. The summed E-state index contributed by atoms with van der Waals surface area (Å²) in [4.78, 5) is 8.67. The molecule has 2 saturated heterocycles. The monoisotopic (exact) mass is 571 g/mol. The molecule has 1 N–H and O–H groups in total. The van der Waals surface area contributed by atoms with Crippen molar-refractivity contribution in [1.29, 1.82) is 0 Å². The molecular weight excluding hydrogens is 539 g/mol. The topological polar surface area (TPSA) is 68.2 Å². The molecule has 1 unspecified atom stereocenters. The van der Waals surface area contributed by atoms with Crippen LogP contribution in [0.4, 0.5) is 8.78 Å². The van der Waals surface area contributed by atoms with Gasteiger partial charge in [-0.05, 0) is 18.9 Å². The average molecular weight is 571 g/mol. The van der Waals surface area contributed by atoms with Gasteiger partial charge in [0.2, 0.25) is 10.0 Å². The van der Waals surface area contributed by atoms with Crippen molar-refractivity contribution in [2.75, 3.05) is 58.6 Å². The smallest absolute Gasteiger partial charge is 0.214 e. The molecule has 2 heterocycles. The van der Waals surface area contributed by atoms with Crippen LogP contribution in [-0.4, -0.2) is 87.1 Å². The van der Waals surface area contributed by atoms with Crippen LogP contribution in [0.15, 0.2) is 23.2 Å². The van der Waals surface area contributed by atoms with E-state index in [2.05, 4.69) is 20.1 Å². The molecule has 176 valence electrons. The highest BCUT2D eigenvalue weighted by Gasteiger charge is 2.29. The third kappa shape index (κ3) is 6.48. The number of guanidine groups is 1. The van der Waals surface area contributed by atoms with Crippen molar-refractivity contribution in [2.24, 2.45) is 4.99 Å². The summed E-state index contributed by atoms with van der Waals surface area (Å²) >= 11 is 0. The Hall–Kier alpha value is -1.05. The number of hydrogen-bond acceptors (Lipinski definition) is 4. The minimum Gasteiger partial charge on any atom is -0.355 e. The highest BCUT2D eigenvalue weighted by Crippen LogP contribution is 2.28. The predicted octanol–water partition coefficient (Wildman–Crippen LogP) is 2.26. The number of sulfonamides is 1. The molecule has 0 radical (unpaired) electrons. The van der Waals surface area contributed by atoms with Crippen LogP contribution in [0.3, 0.4) is 0 Å². The molecule has 31 heavy (non-hydrogen) atoms. The van der Waals surface area contributed by atoms with Gasteiger partial charge in [-0.2, -0.15) is 0 Å². The van der Waals surface area contributed by atoms with Crippen LogP contribution in [0.5, 0.6) is 0 Å². The Kier molecular flexibility index (Phi) is 9.90. The van der Waals surface area contributed by atoms with Gasteiger partial charge in [0.05, 0.1) is 5.75 Å². The van der Waals surface area contributed by atoms with Crippen molar-refractivity contribution in [3.8, 4) is 0 Å². The quantitative estimate of drug-likeness (QED) is 0.323. The largest absolute Gasteiger partial charge is 0.355 e. The Balaban J connectivity index is 0.00000341. The summed E-state index contributed by atoms with van der Waals surface area (Å²) in [6.45, 7) is 6.44. The molecule has 1 aromatic carbocycles. The van der Waals surface area contributed by atoms with Gasteiger partial charge in [-0.15, -0.1) is 24.0 Å². The third-order valence-electron chi connectivity index (χ3n) is 5.82. The molecular formula is C20H32F2IN5O2S. The molecule has 3 rings (SSSR count). The van der Waals surface area contributed by atoms with E-state index in [0.29, 0.717) is 31.6 Å². The number of nitrogens with zero attached hydrogens (tertiary/aromatic N) is 4. The normalized spacial score (nSPS) is 21.0. The lowest BCUT2D eigenvalue weighted by molar-refractivity contribution is 0.124. The number of piperazine rings is 1. The van der Waals surface area contributed by atoms with E-state index in [0.717, 1.165) is 44.6 Å². The van der Waals surface area contributed by atoms with E-state index in [-0.39, 0.29) is 35.8 Å². The van der Waals surface area contributed by atoms with Gasteiger partial charge in [0.25, 0.3) is 0 Å². The minimum atomic E-state index is -3.09. The maximum Gasteiger partial charge on any atom is 0.214 e. The number of benzene rings is 1. The Morgan fingerprint density at radius 1 is 1.19 bits per heavy atom. The number of nitrogens with one attached hydrogen (secondary N) is 1. The van der Waals surface area contributed by atoms with Gasteiger partial charge >= 0.3 is 0 Å². The van der Waals surface area contributed by atoms with Gasteiger partial charge in [-0.25, -0.2) is 21.5 Å². The summed E-state index contributed by atoms with van der Waals surface area (Å²) in [6.07, 6.45) is 1.42. The summed E-state index contributed by atoms with van der Waals surface area (Å²) in [5.41, 5.74) is 0.529. The van der Waals surface area contributed by atoms with Gasteiger partial charge in [0.15, 0.2) is 5.96 Å². The van der Waals surface area contributed by atoms with Crippen LogP contribution in [-0.2, 0) is 10.0 Å². The van der Waals surface area contributed by atoms with Crippen LogP contribution in [0.25, 0.3) is 0 Å². The van der Waals surface area contributed by atoms with Crippen molar-refractivity contribution < 1.29 is 17.2 Å². The molecule has 2 aliphatic heterocycles. The Morgan fingerprint density at radius 3 is 2.45 bits per heavy atom. The Bertz CT molecular complexity index is 863. The molecule has 1 aromatic rings. The first-order valence-electron chi connectivity index (χ1n) is 10.5. The van der Waals surface area contributed by atoms with Crippen molar-refractivity contribution in [3.63, 3.8) is 0 Å². The molecule has 0 saturated carbocycles. The van der Waals surface area contributed by atoms with Crippen molar-refractivity contribution in [1.82, 2.24) is 19.4 Å². The molecule has 1 atom stereocenters. The molecule has 2 aliphatic rings. The SMILES string of the molecule is CCC(c1ccc(F)cc1F)N1CCN(C(=NC)NCCN2CCCS2(=O)=O)CC1.I. The van der Waals surface area contributed by atoms with E-state index < -0.39 is 21.7 Å². The second-order valence-electron chi connectivity index (χ2n) is 7.66. The zero-order valence-electron chi connectivity index (χ0n) is 18.1. The maximum absolute atomic E-state index is 14.3. The first kappa shape index (κ1) is 26.2. The van der Waals surface area contributed by atoms with E-state index in [1.54, 1.807) is 7.05 Å². The van der Waals surface area contributed by atoms with Gasteiger partial charge < -0.3 is 10.2 Å². The fourth-order valence-electron chi connectivity index (χ4n) is 4.26. The van der Waals surface area contributed by atoms with Crippen molar-refractivity contribution >= 4 is 40.0 Å². The van der Waals surface area contributed by atoms with Crippen molar-refractivity contribution in [2.45, 2.75) is 25.8 Å². The van der Waals surface area contributed by atoms with E-state index >= 15 is 0 Å². The van der Waals surface area contributed by atoms with Crippen LogP contribution >= 0.6 is 24.0 Å². The fraction of sp³-hybridized carbons (Fsp3) is 0.650. The van der Waals surface area contributed by atoms with E-state index in [4.69, 9.17) is 0 Å². The molecule has 7 nitrogen and oxygen atoms in total. The van der Waals surface area contributed by atoms with E-state index in [9.17, 15) is 17.2 Å². The van der Waals surface area contributed by atoms with Crippen LogP contribution < -0.4 is 5.32 Å². The second kappa shape index (κ2) is 11.7. The Morgan fingerprint density at radius 2 is 1.90 bits per heavy atom.